The predicted molar refractivity (Wildman–Crippen MR) is 88.1 cm³/mol. The molecular weight excluding hydrogens is 312 g/mol. The number of carbonyl (C=O) groups excluding carboxylic acids is 4. The third kappa shape index (κ3) is 6.29. The maximum Gasteiger partial charge on any atom is 0.333 e. The van der Waals surface area contributed by atoms with Crippen LogP contribution in [0.2, 0.25) is 0 Å². The molecule has 0 saturated carbocycles. The van der Waals surface area contributed by atoms with Crippen LogP contribution in [0.15, 0.2) is 0 Å². The average Bonchev–Trinajstić information content (AvgIpc) is 2.54. The average molecular weight is 340 g/mol. The Morgan fingerprint density at radius 3 is 2.25 bits per heavy atom. The second-order valence-corrected chi connectivity index (χ2v) is 5.88. The fourth-order valence-electron chi connectivity index (χ4n) is 2.55. The minimum absolute atomic E-state index is 0.0426. The van der Waals surface area contributed by atoms with Crippen molar-refractivity contribution >= 4 is 23.8 Å². The number of urea groups is 1. The first kappa shape index (κ1) is 20.1. The van der Waals surface area contributed by atoms with Gasteiger partial charge >= 0.3 is 12.0 Å². The van der Waals surface area contributed by atoms with E-state index < -0.39 is 23.8 Å². The van der Waals surface area contributed by atoms with Crippen LogP contribution in [-0.2, 0) is 19.1 Å². The van der Waals surface area contributed by atoms with E-state index in [2.05, 4.69) is 6.92 Å². The second-order valence-electron chi connectivity index (χ2n) is 5.88. The molecule has 136 valence electrons. The highest BCUT2D eigenvalue weighted by Crippen LogP contribution is 2.12. The monoisotopic (exact) mass is 340 g/mol. The number of rotatable bonds is 11. The van der Waals surface area contributed by atoms with E-state index in [1.165, 1.54) is 19.3 Å². The van der Waals surface area contributed by atoms with Gasteiger partial charge in [0.15, 0.2) is 0 Å². The molecule has 7 nitrogen and oxygen atoms in total. The first-order valence-electron chi connectivity index (χ1n) is 8.81. The Kier molecular flexibility index (Phi) is 9.04. The molecule has 0 N–H and O–H groups in total. The SMILES string of the molecule is CCCCCCCCOC(=O)CCN1C(=O)CC(=O)N(CC)C1=O. The lowest BCUT2D eigenvalue weighted by Gasteiger charge is -2.31. The first-order chi connectivity index (χ1) is 11.5. The van der Waals surface area contributed by atoms with E-state index in [1.54, 1.807) is 6.92 Å². The molecule has 1 aliphatic rings. The zero-order chi connectivity index (χ0) is 17.9. The van der Waals surface area contributed by atoms with Crippen molar-refractivity contribution in [1.82, 2.24) is 9.80 Å². The number of ether oxygens (including phenoxy) is 1. The molecule has 0 aromatic heterocycles. The lowest BCUT2D eigenvalue weighted by atomic mass is 10.1. The fourth-order valence-corrected chi connectivity index (χ4v) is 2.55. The summed E-state index contributed by atoms with van der Waals surface area (Å²) in [6.07, 6.45) is 6.27. The van der Waals surface area contributed by atoms with E-state index in [-0.39, 0.29) is 25.9 Å². The molecule has 0 aromatic carbocycles. The third-order valence-corrected chi connectivity index (χ3v) is 3.98. The molecule has 1 rings (SSSR count). The van der Waals surface area contributed by atoms with E-state index in [0.717, 1.165) is 29.1 Å². The van der Waals surface area contributed by atoms with Gasteiger partial charge in [-0.3, -0.25) is 24.2 Å². The highest BCUT2D eigenvalue weighted by molar-refractivity contribution is 6.14. The van der Waals surface area contributed by atoms with Gasteiger partial charge in [-0.1, -0.05) is 39.0 Å². The topological polar surface area (TPSA) is 84.0 Å². The van der Waals surface area contributed by atoms with Gasteiger partial charge in [0.05, 0.1) is 13.0 Å². The summed E-state index contributed by atoms with van der Waals surface area (Å²) >= 11 is 0. The summed E-state index contributed by atoms with van der Waals surface area (Å²) in [7, 11) is 0. The number of nitrogens with zero attached hydrogens (tertiary/aromatic N) is 2. The Labute approximate surface area is 143 Å². The smallest absolute Gasteiger partial charge is 0.333 e. The number of amides is 4. The fraction of sp³-hybridized carbons (Fsp3) is 0.765. The second kappa shape index (κ2) is 10.8. The summed E-state index contributed by atoms with van der Waals surface area (Å²) < 4.78 is 5.12. The summed E-state index contributed by atoms with van der Waals surface area (Å²) in [6.45, 7) is 4.36. The standard InChI is InChI=1S/C17H28N2O5/c1-3-5-6-7-8-9-12-24-16(22)10-11-19-15(21)13-14(20)18(4-2)17(19)23/h3-13H2,1-2H3. The molecule has 0 aromatic rings. The normalized spacial score (nSPS) is 15.2. The maximum absolute atomic E-state index is 12.0. The molecule has 24 heavy (non-hydrogen) atoms. The zero-order valence-corrected chi connectivity index (χ0v) is 14.7. The van der Waals surface area contributed by atoms with Crippen molar-refractivity contribution in [3.63, 3.8) is 0 Å². The molecule has 0 atom stereocenters. The van der Waals surface area contributed by atoms with Crippen LogP contribution in [-0.4, -0.2) is 53.3 Å². The van der Waals surface area contributed by atoms with Gasteiger partial charge in [-0.15, -0.1) is 0 Å². The molecule has 0 bridgehead atoms. The summed E-state index contributed by atoms with van der Waals surface area (Å²) in [5.41, 5.74) is 0. The molecule has 0 unspecified atom stereocenters. The van der Waals surface area contributed by atoms with Crippen LogP contribution >= 0.6 is 0 Å². The molecule has 0 radical (unpaired) electrons. The maximum atomic E-state index is 12.0. The summed E-state index contributed by atoms with van der Waals surface area (Å²) in [5.74, 6) is -1.48. The van der Waals surface area contributed by atoms with Gasteiger partial charge in [0.1, 0.15) is 6.42 Å². The molecule has 1 heterocycles. The van der Waals surface area contributed by atoms with Crippen molar-refractivity contribution in [2.75, 3.05) is 19.7 Å². The molecule has 0 aliphatic carbocycles. The van der Waals surface area contributed by atoms with Crippen molar-refractivity contribution < 1.29 is 23.9 Å². The minimum atomic E-state index is -0.650. The van der Waals surface area contributed by atoms with E-state index in [1.807, 2.05) is 0 Å². The van der Waals surface area contributed by atoms with Crippen molar-refractivity contribution in [3.8, 4) is 0 Å². The van der Waals surface area contributed by atoms with Crippen LogP contribution in [0.3, 0.4) is 0 Å². The van der Waals surface area contributed by atoms with Crippen LogP contribution < -0.4 is 0 Å². The van der Waals surface area contributed by atoms with Crippen LogP contribution in [0.1, 0.15) is 65.2 Å². The first-order valence-corrected chi connectivity index (χ1v) is 8.81. The molecule has 7 heteroatoms. The van der Waals surface area contributed by atoms with Crippen molar-refractivity contribution in [3.05, 3.63) is 0 Å². The number of hydrogen-bond donors (Lipinski definition) is 0. The summed E-state index contributed by atoms with van der Waals surface area (Å²) in [5, 5.41) is 0. The van der Waals surface area contributed by atoms with Gasteiger partial charge in [-0.2, -0.15) is 0 Å². The molecule has 1 aliphatic heterocycles. The lowest BCUT2D eigenvalue weighted by Crippen LogP contribution is -2.55. The zero-order valence-electron chi connectivity index (χ0n) is 14.7. The Hall–Kier alpha value is -1.92. The van der Waals surface area contributed by atoms with Crippen LogP contribution in [0.25, 0.3) is 0 Å². The quantitative estimate of drug-likeness (QED) is 0.328. The van der Waals surface area contributed by atoms with E-state index >= 15 is 0 Å². The number of barbiturate groups is 1. The number of imide groups is 2. The van der Waals surface area contributed by atoms with Crippen LogP contribution in [0.5, 0.6) is 0 Å². The predicted octanol–water partition coefficient (Wildman–Crippen LogP) is 2.48. The van der Waals surface area contributed by atoms with Gasteiger partial charge in [-0.25, -0.2) is 4.79 Å². The highest BCUT2D eigenvalue weighted by Gasteiger charge is 2.36. The molecular formula is C17H28N2O5. The summed E-state index contributed by atoms with van der Waals surface area (Å²) in [4.78, 5) is 49.0. The lowest BCUT2D eigenvalue weighted by molar-refractivity contribution is -0.145. The van der Waals surface area contributed by atoms with E-state index in [4.69, 9.17) is 4.74 Å². The Balaban J connectivity index is 2.24. The highest BCUT2D eigenvalue weighted by atomic mass is 16.5. The van der Waals surface area contributed by atoms with E-state index in [9.17, 15) is 19.2 Å². The Morgan fingerprint density at radius 1 is 0.958 bits per heavy atom. The molecule has 4 amide bonds. The van der Waals surface area contributed by atoms with Crippen molar-refractivity contribution in [2.45, 2.75) is 65.2 Å². The van der Waals surface area contributed by atoms with Crippen LogP contribution in [0, 0.1) is 0 Å². The number of hydrogen-bond acceptors (Lipinski definition) is 5. The Morgan fingerprint density at radius 2 is 1.58 bits per heavy atom. The van der Waals surface area contributed by atoms with Crippen molar-refractivity contribution in [2.24, 2.45) is 0 Å². The summed E-state index contributed by atoms with van der Waals surface area (Å²) in [6, 6.07) is -0.650. The van der Waals surface area contributed by atoms with Crippen molar-refractivity contribution in [1.29, 1.82) is 0 Å². The van der Waals surface area contributed by atoms with Gasteiger partial charge in [0.2, 0.25) is 11.8 Å². The molecule has 1 fully saturated rings. The number of unbranched alkanes of at least 4 members (excludes halogenated alkanes) is 5. The van der Waals surface area contributed by atoms with Gasteiger partial charge in [0, 0.05) is 13.1 Å². The minimum Gasteiger partial charge on any atom is -0.466 e. The van der Waals surface area contributed by atoms with Crippen LogP contribution in [0.4, 0.5) is 4.79 Å². The number of carbonyl (C=O) groups is 4. The Bertz CT molecular complexity index is 464. The number of esters is 1. The molecule has 0 spiro atoms. The third-order valence-electron chi connectivity index (χ3n) is 3.98. The van der Waals surface area contributed by atoms with E-state index in [0.29, 0.717) is 6.61 Å². The molecule has 1 saturated heterocycles. The van der Waals surface area contributed by atoms with Gasteiger partial charge in [-0.05, 0) is 13.3 Å². The largest absolute Gasteiger partial charge is 0.466 e. The van der Waals surface area contributed by atoms with Gasteiger partial charge in [0.25, 0.3) is 0 Å². The van der Waals surface area contributed by atoms with Gasteiger partial charge < -0.3 is 4.74 Å².